The van der Waals surface area contributed by atoms with Crippen molar-refractivity contribution < 1.29 is 9.52 Å². The van der Waals surface area contributed by atoms with Crippen LogP contribution >= 0.6 is 0 Å². The fourth-order valence-electron chi connectivity index (χ4n) is 2.08. The van der Waals surface area contributed by atoms with Crippen LogP contribution in [-0.4, -0.2) is 18.2 Å². The summed E-state index contributed by atoms with van der Waals surface area (Å²) in [7, 11) is 0. The molecule has 0 saturated carbocycles. The van der Waals surface area contributed by atoms with Gasteiger partial charge in [-0.15, -0.1) is 0 Å². The van der Waals surface area contributed by atoms with E-state index in [1.54, 1.807) is 12.1 Å². The number of phenolic OH excluding ortho intramolecular Hbond substituents is 1. The van der Waals surface area contributed by atoms with Gasteiger partial charge in [-0.25, -0.2) is 0 Å². The lowest BCUT2D eigenvalue weighted by Crippen LogP contribution is -2.23. The van der Waals surface area contributed by atoms with Gasteiger partial charge >= 0.3 is 0 Å². The highest BCUT2D eigenvalue weighted by Crippen LogP contribution is 2.26. The number of rotatable bonds is 3. The van der Waals surface area contributed by atoms with E-state index in [4.69, 9.17) is 4.42 Å². The number of phenols is 1. The normalized spacial score (nSPS) is 10.8. The first-order chi connectivity index (χ1) is 8.56. The van der Waals surface area contributed by atoms with Gasteiger partial charge in [-0.3, -0.25) is 4.79 Å². The molecule has 1 aromatic heterocycles. The maximum atomic E-state index is 12.0. The van der Waals surface area contributed by atoms with Crippen molar-refractivity contribution in [3.05, 3.63) is 34.0 Å². The molecule has 4 nitrogen and oxygen atoms in total. The van der Waals surface area contributed by atoms with Gasteiger partial charge in [0.15, 0.2) is 11.3 Å². The Morgan fingerprint density at radius 3 is 2.50 bits per heavy atom. The molecule has 0 atom stereocenters. The minimum atomic E-state index is -0.212. The number of fused-ring (bicyclic) bond motifs is 1. The first kappa shape index (κ1) is 12.5. The summed E-state index contributed by atoms with van der Waals surface area (Å²) >= 11 is 0. The van der Waals surface area contributed by atoms with Crippen molar-refractivity contribution in [2.75, 3.05) is 18.0 Å². The van der Waals surface area contributed by atoms with Gasteiger partial charge in [0.2, 0.25) is 0 Å². The number of aryl methyl sites for hydroxylation is 1. The molecule has 96 valence electrons. The van der Waals surface area contributed by atoms with Crippen molar-refractivity contribution in [2.24, 2.45) is 0 Å². The predicted molar refractivity (Wildman–Crippen MR) is 72.4 cm³/mol. The minimum absolute atomic E-state index is 0.0233. The Balaban J connectivity index is 2.72. The number of anilines is 1. The SMILES string of the molecule is CCN(CC)c1cc(=O)c2c(O)cc(C)cc2o1. The zero-order chi connectivity index (χ0) is 13.3. The third-order valence-corrected chi connectivity index (χ3v) is 3.02. The highest BCUT2D eigenvalue weighted by atomic mass is 16.4. The summed E-state index contributed by atoms with van der Waals surface area (Å²) in [6.45, 7) is 7.39. The average Bonchev–Trinajstić information content (AvgIpc) is 2.28. The Labute approximate surface area is 105 Å². The molecule has 1 N–H and O–H groups in total. The van der Waals surface area contributed by atoms with E-state index in [0.29, 0.717) is 11.5 Å². The molecule has 0 aliphatic carbocycles. The summed E-state index contributed by atoms with van der Waals surface area (Å²) in [6.07, 6.45) is 0. The molecule has 2 aromatic rings. The van der Waals surface area contributed by atoms with Crippen LogP contribution in [0.15, 0.2) is 27.4 Å². The molecule has 1 aromatic carbocycles. The largest absolute Gasteiger partial charge is 0.507 e. The molecule has 0 radical (unpaired) electrons. The first-order valence-electron chi connectivity index (χ1n) is 6.09. The molecule has 0 aliphatic rings. The van der Waals surface area contributed by atoms with E-state index in [0.717, 1.165) is 18.7 Å². The molecular formula is C14H17NO3. The minimum Gasteiger partial charge on any atom is -0.507 e. The molecule has 0 spiro atoms. The molecule has 0 aliphatic heterocycles. The van der Waals surface area contributed by atoms with Crippen LogP contribution in [0.3, 0.4) is 0 Å². The highest BCUT2D eigenvalue weighted by Gasteiger charge is 2.12. The molecule has 0 amide bonds. The maximum absolute atomic E-state index is 12.0. The van der Waals surface area contributed by atoms with Crippen molar-refractivity contribution >= 4 is 16.9 Å². The third kappa shape index (κ3) is 2.06. The maximum Gasteiger partial charge on any atom is 0.199 e. The Morgan fingerprint density at radius 2 is 1.89 bits per heavy atom. The molecule has 0 saturated heterocycles. The second kappa shape index (κ2) is 4.72. The fraction of sp³-hybridized carbons (Fsp3) is 0.357. The van der Waals surface area contributed by atoms with Crippen molar-refractivity contribution in [3.8, 4) is 5.75 Å². The van der Waals surface area contributed by atoms with Gasteiger partial charge in [-0.1, -0.05) is 0 Å². The third-order valence-electron chi connectivity index (χ3n) is 3.02. The molecule has 0 fully saturated rings. The van der Waals surface area contributed by atoms with E-state index >= 15 is 0 Å². The number of hydrogen-bond acceptors (Lipinski definition) is 4. The van der Waals surface area contributed by atoms with Gasteiger partial charge in [0, 0.05) is 19.2 Å². The molecular weight excluding hydrogens is 230 g/mol. The molecule has 0 bridgehead atoms. The predicted octanol–water partition coefficient (Wildman–Crippen LogP) is 2.65. The van der Waals surface area contributed by atoms with Crippen molar-refractivity contribution in [3.63, 3.8) is 0 Å². The molecule has 0 unspecified atom stereocenters. The van der Waals surface area contributed by atoms with E-state index in [-0.39, 0.29) is 16.6 Å². The smallest absolute Gasteiger partial charge is 0.199 e. The topological polar surface area (TPSA) is 53.7 Å². The summed E-state index contributed by atoms with van der Waals surface area (Å²) in [5, 5.41) is 10.0. The van der Waals surface area contributed by atoms with Gasteiger partial charge in [0.25, 0.3) is 0 Å². The molecule has 18 heavy (non-hydrogen) atoms. The zero-order valence-electron chi connectivity index (χ0n) is 10.9. The summed E-state index contributed by atoms with van der Waals surface area (Å²) in [5.41, 5.74) is 1.08. The summed E-state index contributed by atoms with van der Waals surface area (Å²) in [5.74, 6) is 0.521. The fourth-order valence-corrected chi connectivity index (χ4v) is 2.08. The number of nitrogens with zero attached hydrogens (tertiary/aromatic N) is 1. The lowest BCUT2D eigenvalue weighted by molar-refractivity contribution is 0.479. The van der Waals surface area contributed by atoms with E-state index < -0.39 is 0 Å². The van der Waals surface area contributed by atoms with E-state index in [9.17, 15) is 9.90 Å². The van der Waals surface area contributed by atoms with Crippen molar-refractivity contribution in [1.29, 1.82) is 0 Å². The van der Waals surface area contributed by atoms with E-state index in [1.165, 1.54) is 6.07 Å². The lowest BCUT2D eigenvalue weighted by Gasteiger charge is -2.19. The van der Waals surface area contributed by atoms with Crippen LogP contribution in [0.25, 0.3) is 11.0 Å². The van der Waals surface area contributed by atoms with Crippen molar-refractivity contribution in [2.45, 2.75) is 20.8 Å². The second-order valence-electron chi connectivity index (χ2n) is 4.28. The molecule has 1 heterocycles. The van der Waals surface area contributed by atoms with Crippen LogP contribution in [0.5, 0.6) is 5.75 Å². The highest BCUT2D eigenvalue weighted by molar-refractivity contribution is 5.84. The monoisotopic (exact) mass is 247 g/mol. The van der Waals surface area contributed by atoms with Crippen LogP contribution < -0.4 is 10.3 Å². The van der Waals surface area contributed by atoms with Gasteiger partial charge < -0.3 is 14.4 Å². The average molecular weight is 247 g/mol. The van der Waals surface area contributed by atoms with Gasteiger partial charge in [0.1, 0.15) is 16.7 Å². The van der Waals surface area contributed by atoms with E-state index in [2.05, 4.69) is 0 Å². The Bertz CT molecular complexity index is 627. The quantitative estimate of drug-likeness (QED) is 0.906. The summed E-state index contributed by atoms with van der Waals surface area (Å²) in [4.78, 5) is 14.0. The Morgan fingerprint density at radius 1 is 1.22 bits per heavy atom. The summed E-state index contributed by atoms with van der Waals surface area (Å²) < 4.78 is 5.71. The van der Waals surface area contributed by atoms with Crippen LogP contribution in [0.4, 0.5) is 5.88 Å². The first-order valence-corrected chi connectivity index (χ1v) is 6.09. The number of aromatic hydroxyl groups is 1. The van der Waals surface area contributed by atoms with Crippen LogP contribution in [0.1, 0.15) is 19.4 Å². The second-order valence-corrected chi connectivity index (χ2v) is 4.28. The van der Waals surface area contributed by atoms with E-state index in [1.807, 2.05) is 25.7 Å². The Hall–Kier alpha value is -1.97. The summed E-state index contributed by atoms with van der Waals surface area (Å²) in [6, 6.07) is 4.77. The number of benzene rings is 1. The lowest BCUT2D eigenvalue weighted by atomic mass is 10.1. The molecule has 4 heteroatoms. The standard InChI is InChI=1S/C14H17NO3/c1-4-15(5-2)13-8-11(17)14-10(16)6-9(3)7-12(14)18-13/h6-8,16H,4-5H2,1-3H3. The zero-order valence-corrected chi connectivity index (χ0v) is 10.9. The van der Waals surface area contributed by atoms with Gasteiger partial charge in [0.05, 0.1) is 0 Å². The van der Waals surface area contributed by atoms with Crippen LogP contribution in [0.2, 0.25) is 0 Å². The van der Waals surface area contributed by atoms with Gasteiger partial charge in [-0.2, -0.15) is 0 Å². The van der Waals surface area contributed by atoms with Gasteiger partial charge in [-0.05, 0) is 38.5 Å². The number of hydrogen-bond donors (Lipinski definition) is 1. The van der Waals surface area contributed by atoms with Crippen molar-refractivity contribution in [1.82, 2.24) is 0 Å². The van der Waals surface area contributed by atoms with Crippen LogP contribution in [-0.2, 0) is 0 Å². The Kier molecular flexibility index (Phi) is 3.28. The van der Waals surface area contributed by atoms with Crippen LogP contribution in [0, 0.1) is 6.92 Å². The molecule has 2 rings (SSSR count).